The highest BCUT2D eigenvalue weighted by atomic mass is 19.1. The molecule has 6 nitrogen and oxygen atoms in total. The van der Waals surface area contributed by atoms with E-state index in [9.17, 15) is 4.39 Å². The highest BCUT2D eigenvalue weighted by Crippen LogP contribution is 2.26. The Morgan fingerprint density at radius 3 is 3.00 bits per heavy atom. The Balaban J connectivity index is 1.89. The van der Waals surface area contributed by atoms with E-state index in [1.165, 1.54) is 19.5 Å². The van der Waals surface area contributed by atoms with Crippen LogP contribution in [-0.4, -0.2) is 27.3 Å². The van der Waals surface area contributed by atoms with Crippen molar-refractivity contribution in [3.63, 3.8) is 0 Å². The molecule has 0 amide bonds. The number of nitrogens with one attached hydrogen (secondary N) is 2. The molecule has 2 heterocycles. The quantitative estimate of drug-likeness (QED) is 0.771. The van der Waals surface area contributed by atoms with Crippen LogP contribution in [0.3, 0.4) is 0 Å². The summed E-state index contributed by atoms with van der Waals surface area (Å²) in [5.74, 6) is 0.509. The molecule has 21 heavy (non-hydrogen) atoms. The monoisotopic (exact) mass is 287 g/mol. The SMILES string of the molecule is COc1cc([C@@H](C)Nc2ncnc3[nH]ncc23)ccc1F. The van der Waals surface area contributed by atoms with Crippen LogP contribution in [0.25, 0.3) is 11.0 Å². The molecule has 108 valence electrons. The minimum Gasteiger partial charge on any atom is -0.494 e. The predicted molar refractivity (Wildman–Crippen MR) is 76.7 cm³/mol. The van der Waals surface area contributed by atoms with Crippen molar-refractivity contribution >= 4 is 16.9 Å². The second kappa shape index (κ2) is 5.35. The topological polar surface area (TPSA) is 75.7 Å². The van der Waals surface area contributed by atoms with Gasteiger partial charge in [0.15, 0.2) is 17.2 Å². The second-order valence-electron chi connectivity index (χ2n) is 4.61. The van der Waals surface area contributed by atoms with Gasteiger partial charge in [0.05, 0.1) is 24.7 Å². The molecule has 1 atom stereocenters. The molecule has 3 aromatic rings. The molecular formula is C14H14FN5O. The first kappa shape index (κ1) is 13.3. The molecule has 2 aromatic heterocycles. The smallest absolute Gasteiger partial charge is 0.165 e. The van der Waals surface area contributed by atoms with Gasteiger partial charge in [0.2, 0.25) is 0 Å². The number of H-pyrrole nitrogens is 1. The van der Waals surface area contributed by atoms with Crippen molar-refractivity contribution in [3.05, 3.63) is 42.1 Å². The molecule has 0 aliphatic heterocycles. The van der Waals surface area contributed by atoms with Gasteiger partial charge in [-0.15, -0.1) is 0 Å². The summed E-state index contributed by atoms with van der Waals surface area (Å²) in [4.78, 5) is 8.30. The van der Waals surface area contributed by atoms with Crippen LogP contribution in [0.2, 0.25) is 0 Å². The van der Waals surface area contributed by atoms with E-state index in [1.54, 1.807) is 18.3 Å². The lowest BCUT2D eigenvalue weighted by atomic mass is 10.1. The van der Waals surface area contributed by atoms with E-state index >= 15 is 0 Å². The standard InChI is InChI=1S/C14H14FN5O/c1-8(9-3-4-11(15)12(5-9)21-2)19-13-10-6-18-20-14(10)17-7-16-13/h3-8H,1-2H3,(H2,16,17,18,19,20)/t8-/m1/s1. The zero-order valence-corrected chi connectivity index (χ0v) is 11.6. The van der Waals surface area contributed by atoms with Gasteiger partial charge in [-0.25, -0.2) is 14.4 Å². The van der Waals surface area contributed by atoms with Crippen LogP contribution < -0.4 is 10.1 Å². The summed E-state index contributed by atoms with van der Waals surface area (Å²) in [5, 5.41) is 10.8. The van der Waals surface area contributed by atoms with Gasteiger partial charge in [0.25, 0.3) is 0 Å². The summed E-state index contributed by atoms with van der Waals surface area (Å²) in [6, 6.07) is 4.69. The molecule has 0 unspecified atom stereocenters. The van der Waals surface area contributed by atoms with E-state index in [4.69, 9.17) is 4.74 Å². The maximum absolute atomic E-state index is 13.4. The molecule has 2 N–H and O–H groups in total. The van der Waals surface area contributed by atoms with Crippen molar-refractivity contribution in [3.8, 4) is 5.75 Å². The molecular weight excluding hydrogens is 273 g/mol. The molecule has 0 aliphatic rings. The van der Waals surface area contributed by atoms with E-state index in [2.05, 4.69) is 25.5 Å². The van der Waals surface area contributed by atoms with E-state index in [0.717, 1.165) is 10.9 Å². The number of rotatable bonds is 4. The highest BCUT2D eigenvalue weighted by molar-refractivity contribution is 5.85. The molecule has 1 aromatic carbocycles. The first-order chi connectivity index (χ1) is 10.2. The first-order valence-electron chi connectivity index (χ1n) is 6.43. The Hall–Kier alpha value is -2.70. The second-order valence-corrected chi connectivity index (χ2v) is 4.61. The Labute approximate surface area is 120 Å². The van der Waals surface area contributed by atoms with Crippen molar-refractivity contribution in [1.82, 2.24) is 20.2 Å². The van der Waals surface area contributed by atoms with Crippen LogP contribution in [0.15, 0.2) is 30.7 Å². The Morgan fingerprint density at radius 2 is 2.19 bits per heavy atom. The van der Waals surface area contributed by atoms with E-state index in [1.807, 2.05) is 6.92 Å². The number of hydrogen-bond donors (Lipinski definition) is 2. The summed E-state index contributed by atoms with van der Waals surface area (Å²) in [6.07, 6.45) is 3.12. The van der Waals surface area contributed by atoms with Gasteiger partial charge in [-0.1, -0.05) is 6.07 Å². The van der Waals surface area contributed by atoms with Gasteiger partial charge < -0.3 is 10.1 Å². The molecule has 0 saturated heterocycles. The molecule has 3 rings (SSSR count). The third-order valence-electron chi connectivity index (χ3n) is 3.28. The minimum absolute atomic E-state index is 0.0764. The number of ether oxygens (including phenoxy) is 1. The van der Waals surface area contributed by atoms with Gasteiger partial charge in [-0.2, -0.15) is 5.10 Å². The van der Waals surface area contributed by atoms with Crippen LogP contribution in [0.5, 0.6) is 5.75 Å². The lowest BCUT2D eigenvalue weighted by molar-refractivity contribution is 0.385. The summed E-state index contributed by atoms with van der Waals surface area (Å²) >= 11 is 0. The third-order valence-corrected chi connectivity index (χ3v) is 3.28. The molecule has 7 heteroatoms. The summed E-state index contributed by atoms with van der Waals surface area (Å²) in [6.45, 7) is 1.96. The summed E-state index contributed by atoms with van der Waals surface area (Å²) in [7, 11) is 1.44. The van der Waals surface area contributed by atoms with E-state index < -0.39 is 0 Å². The average molecular weight is 287 g/mol. The maximum atomic E-state index is 13.4. The van der Waals surface area contributed by atoms with Gasteiger partial charge in [0, 0.05) is 0 Å². The summed E-state index contributed by atoms with van der Waals surface area (Å²) in [5.41, 5.74) is 1.56. The van der Waals surface area contributed by atoms with Gasteiger partial charge in [-0.3, -0.25) is 5.10 Å². The van der Waals surface area contributed by atoms with E-state index in [0.29, 0.717) is 11.5 Å². The number of hydrogen-bond acceptors (Lipinski definition) is 5. The van der Waals surface area contributed by atoms with Crippen molar-refractivity contribution in [1.29, 1.82) is 0 Å². The summed E-state index contributed by atoms with van der Waals surface area (Å²) < 4.78 is 18.4. The molecule has 0 aliphatic carbocycles. The third kappa shape index (κ3) is 2.49. The van der Waals surface area contributed by atoms with Gasteiger partial charge in [0.1, 0.15) is 12.1 Å². The lowest BCUT2D eigenvalue weighted by Gasteiger charge is -2.16. The fourth-order valence-corrected chi connectivity index (χ4v) is 2.11. The molecule has 0 saturated carbocycles. The van der Waals surface area contributed by atoms with Crippen molar-refractivity contribution < 1.29 is 9.13 Å². The minimum atomic E-state index is -0.382. The molecule has 0 radical (unpaired) electrons. The maximum Gasteiger partial charge on any atom is 0.165 e. The van der Waals surface area contributed by atoms with Crippen molar-refractivity contribution in [2.24, 2.45) is 0 Å². The Kier molecular flexibility index (Phi) is 3.39. The number of anilines is 1. The fraction of sp³-hybridized carbons (Fsp3) is 0.214. The van der Waals surface area contributed by atoms with E-state index in [-0.39, 0.29) is 17.6 Å². The largest absolute Gasteiger partial charge is 0.494 e. The number of benzene rings is 1. The number of aromatic nitrogens is 4. The van der Waals surface area contributed by atoms with Crippen LogP contribution in [0.4, 0.5) is 10.2 Å². The van der Waals surface area contributed by atoms with Crippen LogP contribution in [0.1, 0.15) is 18.5 Å². The predicted octanol–water partition coefficient (Wildman–Crippen LogP) is 2.67. The van der Waals surface area contributed by atoms with Crippen molar-refractivity contribution in [2.75, 3.05) is 12.4 Å². The Morgan fingerprint density at radius 1 is 1.33 bits per heavy atom. The number of methoxy groups -OCH3 is 1. The molecule has 0 fully saturated rings. The van der Waals surface area contributed by atoms with Gasteiger partial charge in [-0.05, 0) is 24.6 Å². The van der Waals surface area contributed by atoms with Crippen LogP contribution in [-0.2, 0) is 0 Å². The average Bonchev–Trinajstić information content (AvgIpc) is 2.97. The Bertz CT molecular complexity index is 773. The number of aromatic amines is 1. The van der Waals surface area contributed by atoms with Crippen molar-refractivity contribution in [2.45, 2.75) is 13.0 Å². The number of halogens is 1. The van der Waals surface area contributed by atoms with Crippen LogP contribution >= 0.6 is 0 Å². The van der Waals surface area contributed by atoms with Gasteiger partial charge >= 0.3 is 0 Å². The highest BCUT2D eigenvalue weighted by Gasteiger charge is 2.12. The molecule has 0 spiro atoms. The number of nitrogens with zero attached hydrogens (tertiary/aromatic N) is 3. The first-order valence-corrected chi connectivity index (χ1v) is 6.43. The lowest BCUT2D eigenvalue weighted by Crippen LogP contribution is -2.09. The van der Waals surface area contributed by atoms with Crippen LogP contribution in [0, 0.1) is 5.82 Å². The molecule has 0 bridgehead atoms. The zero-order chi connectivity index (χ0) is 14.8. The number of fused-ring (bicyclic) bond motifs is 1. The zero-order valence-electron chi connectivity index (χ0n) is 11.6. The fourth-order valence-electron chi connectivity index (χ4n) is 2.11. The normalized spacial score (nSPS) is 12.3.